The Labute approximate surface area is 194 Å². The zero-order valence-electron chi connectivity index (χ0n) is 20.1. The topological polar surface area (TPSA) is 105 Å². The van der Waals surface area contributed by atoms with E-state index in [9.17, 15) is 19.2 Å². The van der Waals surface area contributed by atoms with Crippen molar-refractivity contribution >= 4 is 23.9 Å². The molecule has 3 rings (SSSR count). The number of hydrogen-bond acceptors (Lipinski definition) is 8. The van der Waals surface area contributed by atoms with E-state index >= 15 is 0 Å². The highest BCUT2D eigenvalue weighted by Gasteiger charge is 2.62. The summed E-state index contributed by atoms with van der Waals surface area (Å²) in [5.74, 6) is -1.89. The maximum absolute atomic E-state index is 13.1. The molecule has 0 N–H and O–H groups in total. The van der Waals surface area contributed by atoms with Crippen LogP contribution in [0.25, 0.3) is 0 Å². The van der Waals surface area contributed by atoms with Gasteiger partial charge in [0.05, 0.1) is 12.7 Å². The van der Waals surface area contributed by atoms with E-state index in [0.717, 1.165) is 18.4 Å². The molecule has 2 saturated carbocycles. The van der Waals surface area contributed by atoms with E-state index in [1.807, 2.05) is 6.92 Å². The molecule has 0 radical (unpaired) electrons. The quantitative estimate of drug-likeness (QED) is 0.265. The summed E-state index contributed by atoms with van der Waals surface area (Å²) in [6.45, 7) is 11.0. The molecular formula is C25H34O8. The number of hydrogen-bond donors (Lipinski definition) is 0. The second-order valence-electron chi connectivity index (χ2n) is 9.81. The van der Waals surface area contributed by atoms with Crippen LogP contribution in [-0.2, 0) is 38.1 Å². The predicted molar refractivity (Wildman–Crippen MR) is 118 cm³/mol. The van der Waals surface area contributed by atoms with Crippen molar-refractivity contribution in [3.63, 3.8) is 0 Å². The van der Waals surface area contributed by atoms with Crippen LogP contribution < -0.4 is 0 Å². The molecule has 0 bridgehead atoms. The van der Waals surface area contributed by atoms with Crippen LogP contribution in [0.4, 0.5) is 0 Å². The van der Waals surface area contributed by atoms with E-state index in [-0.39, 0.29) is 29.8 Å². The zero-order chi connectivity index (χ0) is 24.6. The van der Waals surface area contributed by atoms with E-state index < -0.39 is 35.5 Å². The lowest BCUT2D eigenvalue weighted by atomic mass is 9.46. The maximum Gasteiger partial charge on any atom is 0.337 e. The molecular weight excluding hydrogens is 428 g/mol. The van der Waals surface area contributed by atoms with E-state index in [1.165, 1.54) is 21.0 Å². The lowest BCUT2D eigenvalue weighted by molar-refractivity contribution is -0.196. The lowest BCUT2D eigenvalue weighted by Gasteiger charge is -2.59. The summed E-state index contributed by atoms with van der Waals surface area (Å²) in [4.78, 5) is 48.5. The van der Waals surface area contributed by atoms with Gasteiger partial charge in [0.2, 0.25) is 0 Å². The van der Waals surface area contributed by atoms with Crippen LogP contribution in [0, 0.1) is 22.7 Å². The van der Waals surface area contributed by atoms with Gasteiger partial charge >= 0.3 is 23.9 Å². The Morgan fingerprint density at radius 3 is 2.42 bits per heavy atom. The number of carbonyl (C=O) groups excluding carboxylic acids is 4. The zero-order valence-corrected chi connectivity index (χ0v) is 20.1. The Morgan fingerprint density at radius 2 is 1.82 bits per heavy atom. The number of rotatable bonds is 5. The minimum Gasteiger partial charge on any atom is -0.468 e. The highest BCUT2D eigenvalue weighted by Crippen LogP contribution is 2.62. The van der Waals surface area contributed by atoms with Crippen molar-refractivity contribution in [1.29, 1.82) is 0 Å². The van der Waals surface area contributed by atoms with Crippen molar-refractivity contribution in [1.82, 2.24) is 0 Å². The third kappa shape index (κ3) is 4.44. The van der Waals surface area contributed by atoms with E-state index in [2.05, 4.69) is 13.5 Å². The van der Waals surface area contributed by atoms with Gasteiger partial charge in [-0.3, -0.25) is 14.4 Å². The average Bonchev–Trinajstić information content (AvgIpc) is 3.07. The number of esters is 4. The fraction of sp³-hybridized carbons (Fsp3) is 0.680. The highest BCUT2D eigenvalue weighted by molar-refractivity contribution is 5.92. The first-order chi connectivity index (χ1) is 15.4. The van der Waals surface area contributed by atoms with Crippen LogP contribution >= 0.6 is 0 Å². The summed E-state index contributed by atoms with van der Waals surface area (Å²) in [5.41, 5.74) is 0.0736. The summed E-state index contributed by atoms with van der Waals surface area (Å²) in [6.07, 6.45) is 3.71. The molecule has 1 heterocycles. The molecule has 33 heavy (non-hydrogen) atoms. The molecule has 0 aromatic rings. The van der Waals surface area contributed by atoms with E-state index in [4.69, 9.17) is 18.9 Å². The molecule has 0 unspecified atom stereocenters. The fourth-order valence-electron chi connectivity index (χ4n) is 6.37. The molecule has 8 nitrogen and oxygen atoms in total. The molecule has 3 aliphatic rings. The molecule has 6 atom stereocenters. The second-order valence-corrected chi connectivity index (χ2v) is 9.81. The summed E-state index contributed by atoms with van der Waals surface area (Å²) in [5, 5.41) is 0. The lowest BCUT2D eigenvalue weighted by Crippen LogP contribution is -2.60. The monoisotopic (exact) mass is 462 g/mol. The van der Waals surface area contributed by atoms with Gasteiger partial charge in [-0.05, 0) is 56.3 Å². The Hall–Kier alpha value is -2.64. The van der Waals surface area contributed by atoms with Crippen LogP contribution in [0.3, 0.4) is 0 Å². The molecule has 182 valence electrons. The number of ether oxygens (including phenoxy) is 4. The molecule has 3 fully saturated rings. The average molecular weight is 463 g/mol. The standard InChI is InChI=1S/C25H34O8/c1-14-7-10-20-24(4,12-11-21(33-16(3)27)25(20,5)23(29)30-6)18(14)9-8-17-19(32-15(2)26)13-31-22(17)28/h8,18-21H,1,7,9-13H2,2-6H3/b17-8+/t18-,19-,20+,21-,24+,25+/m1/s1. The number of fused-ring (bicyclic) bond motifs is 1. The molecule has 2 aliphatic carbocycles. The van der Waals surface area contributed by atoms with Gasteiger partial charge in [0.1, 0.15) is 18.1 Å². The summed E-state index contributed by atoms with van der Waals surface area (Å²) in [7, 11) is 1.36. The molecule has 1 saturated heterocycles. The first-order valence-electron chi connectivity index (χ1n) is 11.4. The Morgan fingerprint density at radius 1 is 1.15 bits per heavy atom. The highest BCUT2D eigenvalue weighted by atomic mass is 16.6. The molecule has 0 amide bonds. The van der Waals surface area contributed by atoms with Gasteiger partial charge in [-0.15, -0.1) is 0 Å². The van der Waals surface area contributed by atoms with Gasteiger partial charge in [-0.1, -0.05) is 25.2 Å². The number of carbonyl (C=O) groups is 4. The SMILES string of the molecule is C=C1CC[C@H]2[C@@](C)(CC[C@@H](OC(C)=O)[C@@]2(C)C(=O)OC)[C@@H]1C/C=C1/C(=O)OC[C@H]1OC(C)=O. The first kappa shape index (κ1) is 25.0. The van der Waals surface area contributed by atoms with Gasteiger partial charge in [0.15, 0.2) is 6.10 Å². The van der Waals surface area contributed by atoms with E-state index in [0.29, 0.717) is 24.8 Å². The largest absolute Gasteiger partial charge is 0.468 e. The van der Waals surface area contributed by atoms with Gasteiger partial charge < -0.3 is 18.9 Å². The number of methoxy groups -OCH3 is 1. The van der Waals surface area contributed by atoms with Crippen LogP contribution in [0.5, 0.6) is 0 Å². The van der Waals surface area contributed by atoms with Gasteiger partial charge in [-0.2, -0.15) is 0 Å². The van der Waals surface area contributed by atoms with Gasteiger partial charge in [0.25, 0.3) is 0 Å². The van der Waals surface area contributed by atoms with Crippen molar-refractivity contribution in [3.05, 3.63) is 23.8 Å². The summed E-state index contributed by atoms with van der Waals surface area (Å²) in [6, 6.07) is 0. The molecule has 1 aliphatic heterocycles. The Kier molecular flexibility index (Phi) is 7.05. The van der Waals surface area contributed by atoms with Gasteiger partial charge in [-0.25, -0.2) is 4.79 Å². The van der Waals surface area contributed by atoms with Crippen molar-refractivity contribution in [2.75, 3.05) is 13.7 Å². The normalized spacial score (nSPS) is 37.2. The van der Waals surface area contributed by atoms with Crippen LogP contribution in [-0.4, -0.2) is 49.8 Å². The van der Waals surface area contributed by atoms with Crippen LogP contribution in [0.15, 0.2) is 23.8 Å². The molecule has 0 aromatic heterocycles. The molecule has 0 spiro atoms. The predicted octanol–water partition coefficient (Wildman–Crippen LogP) is 3.28. The third-order valence-corrected chi connectivity index (χ3v) is 7.94. The fourth-order valence-corrected chi connectivity index (χ4v) is 6.37. The van der Waals surface area contributed by atoms with Crippen molar-refractivity contribution in [3.8, 4) is 0 Å². The van der Waals surface area contributed by atoms with Crippen molar-refractivity contribution in [2.45, 2.75) is 72.0 Å². The second kappa shape index (κ2) is 9.31. The third-order valence-electron chi connectivity index (χ3n) is 7.94. The first-order valence-corrected chi connectivity index (χ1v) is 11.4. The molecule has 0 aromatic carbocycles. The maximum atomic E-state index is 13.1. The smallest absolute Gasteiger partial charge is 0.337 e. The van der Waals surface area contributed by atoms with Crippen LogP contribution in [0.2, 0.25) is 0 Å². The number of cyclic esters (lactones) is 1. The Bertz CT molecular complexity index is 889. The van der Waals surface area contributed by atoms with Gasteiger partial charge in [0, 0.05) is 13.8 Å². The van der Waals surface area contributed by atoms with E-state index in [1.54, 1.807) is 6.08 Å². The minimum atomic E-state index is -0.994. The Balaban J connectivity index is 1.94. The molecule has 8 heteroatoms. The summed E-state index contributed by atoms with van der Waals surface area (Å²) >= 11 is 0. The number of allylic oxidation sites excluding steroid dienone is 2. The minimum absolute atomic E-state index is 0.0141. The van der Waals surface area contributed by atoms with Crippen molar-refractivity contribution in [2.24, 2.45) is 22.7 Å². The van der Waals surface area contributed by atoms with Crippen LogP contribution in [0.1, 0.15) is 59.8 Å². The van der Waals surface area contributed by atoms with Crippen molar-refractivity contribution < 1.29 is 38.1 Å². The summed E-state index contributed by atoms with van der Waals surface area (Å²) < 4.78 is 21.1.